The first-order chi connectivity index (χ1) is 11.1. The molecular weight excluding hydrogens is 334 g/mol. The third-order valence-electron chi connectivity index (χ3n) is 3.16. The number of pyridine rings is 1. The molecule has 1 heterocycles. The Kier molecular flexibility index (Phi) is 7.13. The van der Waals surface area contributed by atoms with Crippen molar-refractivity contribution in [3.63, 3.8) is 0 Å². The average Bonchev–Trinajstić information content (AvgIpc) is 2.55. The van der Waals surface area contributed by atoms with E-state index in [2.05, 4.69) is 10.3 Å². The van der Waals surface area contributed by atoms with Crippen LogP contribution >= 0.6 is 12.4 Å². The van der Waals surface area contributed by atoms with E-state index in [0.717, 1.165) is 5.56 Å². The fourth-order valence-corrected chi connectivity index (χ4v) is 2.11. The molecule has 1 aromatic heterocycles. The number of anilines is 2. The van der Waals surface area contributed by atoms with Crippen LogP contribution in [0.1, 0.15) is 5.56 Å². The summed E-state index contributed by atoms with van der Waals surface area (Å²) in [6.45, 7) is 0. The first-order valence-corrected chi connectivity index (χ1v) is 6.87. The second kappa shape index (κ2) is 8.83. The minimum absolute atomic E-state index is 0. The van der Waals surface area contributed by atoms with E-state index in [1.165, 1.54) is 27.5 Å². The Morgan fingerprint density at radius 3 is 2.21 bits per heavy atom. The number of hydrogen-bond acceptors (Lipinski definition) is 6. The maximum absolute atomic E-state index is 12.1. The van der Waals surface area contributed by atoms with Crippen molar-refractivity contribution in [3.05, 3.63) is 36.0 Å². The Hall–Kier alpha value is -2.67. The second-order valence-electron chi connectivity index (χ2n) is 4.73. The van der Waals surface area contributed by atoms with E-state index in [9.17, 15) is 4.79 Å². The molecule has 2 rings (SSSR count). The minimum Gasteiger partial charge on any atom is -0.493 e. The molecule has 0 unspecified atom stereocenters. The van der Waals surface area contributed by atoms with Gasteiger partial charge in [0, 0.05) is 0 Å². The maximum atomic E-state index is 12.1. The van der Waals surface area contributed by atoms with Gasteiger partial charge in [0.15, 0.2) is 11.5 Å². The third kappa shape index (κ3) is 4.66. The van der Waals surface area contributed by atoms with Crippen molar-refractivity contribution in [1.29, 1.82) is 0 Å². The number of methoxy groups -OCH3 is 3. The SMILES string of the molecule is COc1cc(CC(=O)Nc2ccc(N)nc2)cc(OC)c1OC.Cl. The highest BCUT2D eigenvalue weighted by Crippen LogP contribution is 2.38. The number of rotatable bonds is 6. The number of halogens is 1. The van der Waals surface area contributed by atoms with E-state index in [4.69, 9.17) is 19.9 Å². The number of nitrogens with two attached hydrogens (primary N) is 1. The van der Waals surface area contributed by atoms with Crippen LogP contribution in [-0.2, 0) is 11.2 Å². The van der Waals surface area contributed by atoms with Gasteiger partial charge in [0.2, 0.25) is 11.7 Å². The van der Waals surface area contributed by atoms with Crippen LogP contribution in [0.3, 0.4) is 0 Å². The zero-order valence-corrected chi connectivity index (χ0v) is 14.5. The number of aromatic nitrogens is 1. The van der Waals surface area contributed by atoms with Gasteiger partial charge in [-0.15, -0.1) is 12.4 Å². The quantitative estimate of drug-likeness (QED) is 0.827. The van der Waals surface area contributed by atoms with Gasteiger partial charge in [0.1, 0.15) is 5.82 Å². The van der Waals surface area contributed by atoms with Crippen LogP contribution in [0.25, 0.3) is 0 Å². The molecule has 3 N–H and O–H groups in total. The van der Waals surface area contributed by atoms with Crippen LogP contribution in [0.15, 0.2) is 30.5 Å². The summed E-state index contributed by atoms with van der Waals surface area (Å²) >= 11 is 0. The van der Waals surface area contributed by atoms with Crippen molar-refractivity contribution < 1.29 is 19.0 Å². The first kappa shape index (κ1) is 19.4. The molecule has 0 aliphatic rings. The highest BCUT2D eigenvalue weighted by molar-refractivity contribution is 5.92. The van der Waals surface area contributed by atoms with Crippen molar-refractivity contribution >= 4 is 29.8 Å². The van der Waals surface area contributed by atoms with E-state index < -0.39 is 0 Å². The summed E-state index contributed by atoms with van der Waals surface area (Å²) in [4.78, 5) is 16.1. The van der Waals surface area contributed by atoms with Crippen LogP contribution in [0, 0.1) is 0 Å². The molecule has 0 saturated carbocycles. The smallest absolute Gasteiger partial charge is 0.228 e. The zero-order chi connectivity index (χ0) is 16.8. The fraction of sp³-hybridized carbons (Fsp3) is 0.250. The molecule has 0 radical (unpaired) electrons. The van der Waals surface area contributed by atoms with E-state index in [-0.39, 0.29) is 24.7 Å². The molecule has 8 heteroatoms. The molecule has 1 amide bonds. The zero-order valence-electron chi connectivity index (χ0n) is 13.7. The Balaban J connectivity index is 0.00000288. The normalized spacial score (nSPS) is 9.62. The number of ether oxygens (including phenoxy) is 3. The Labute approximate surface area is 146 Å². The average molecular weight is 354 g/mol. The maximum Gasteiger partial charge on any atom is 0.228 e. The molecule has 0 aliphatic carbocycles. The van der Waals surface area contributed by atoms with Gasteiger partial charge in [-0.25, -0.2) is 4.98 Å². The molecule has 2 aromatic rings. The van der Waals surface area contributed by atoms with Crippen LogP contribution in [0.2, 0.25) is 0 Å². The highest BCUT2D eigenvalue weighted by atomic mass is 35.5. The van der Waals surface area contributed by atoms with Crippen molar-refractivity contribution in [2.75, 3.05) is 32.4 Å². The van der Waals surface area contributed by atoms with Crippen molar-refractivity contribution in [2.24, 2.45) is 0 Å². The number of benzene rings is 1. The fourth-order valence-electron chi connectivity index (χ4n) is 2.11. The Morgan fingerprint density at radius 1 is 1.12 bits per heavy atom. The second-order valence-corrected chi connectivity index (χ2v) is 4.73. The first-order valence-electron chi connectivity index (χ1n) is 6.87. The minimum atomic E-state index is -0.189. The van der Waals surface area contributed by atoms with Crippen molar-refractivity contribution in [1.82, 2.24) is 4.98 Å². The summed E-state index contributed by atoms with van der Waals surface area (Å²) in [7, 11) is 4.59. The van der Waals surface area contributed by atoms with Gasteiger partial charge < -0.3 is 25.3 Å². The lowest BCUT2D eigenvalue weighted by molar-refractivity contribution is -0.115. The Morgan fingerprint density at radius 2 is 1.75 bits per heavy atom. The topological polar surface area (TPSA) is 95.7 Å². The third-order valence-corrected chi connectivity index (χ3v) is 3.16. The summed E-state index contributed by atoms with van der Waals surface area (Å²) < 4.78 is 15.8. The van der Waals surface area contributed by atoms with E-state index in [1.807, 2.05) is 0 Å². The van der Waals surface area contributed by atoms with Crippen LogP contribution < -0.4 is 25.3 Å². The molecule has 24 heavy (non-hydrogen) atoms. The molecule has 0 spiro atoms. The molecule has 1 aromatic carbocycles. The summed E-state index contributed by atoms with van der Waals surface area (Å²) in [6.07, 6.45) is 1.66. The molecule has 0 saturated heterocycles. The van der Waals surface area contributed by atoms with Crippen LogP contribution in [0.4, 0.5) is 11.5 Å². The van der Waals surface area contributed by atoms with Crippen LogP contribution in [0.5, 0.6) is 17.2 Å². The largest absolute Gasteiger partial charge is 0.493 e. The van der Waals surface area contributed by atoms with Gasteiger partial charge >= 0.3 is 0 Å². The molecule has 0 atom stereocenters. The van der Waals surface area contributed by atoms with E-state index in [0.29, 0.717) is 28.8 Å². The molecule has 130 valence electrons. The number of carbonyl (C=O) groups is 1. The summed E-state index contributed by atoms with van der Waals surface area (Å²) in [5.74, 6) is 1.70. The Bertz CT molecular complexity index is 667. The lowest BCUT2D eigenvalue weighted by Crippen LogP contribution is -2.14. The van der Waals surface area contributed by atoms with Gasteiger partial charge in [-0.3, -0.25) is 4.79 Å². The number of nitrogens with one attached hydrogen (secondary N) is 1. The summed E-state index contributed by atoms with van der Waals surface area (Å²) in [6, 6.07) is 6.79. The predicted molar refractivity (Wildman–Crippen MR) is 94.3 cm³/mol. The monoisotopic (exact) mass is 353 g/mol. The molecule has 0 aliphatic heterocycles. The summed E-state index contributed by atoms with van der Waals surface area (Å²) in [5, 5.41) is 2.75. The molecule has 0 bridgehead atoms. The number of carbonyl (C=O) groups excluding carboxylic acids is 1. The molecule has 0 fully saturated rings. The van der Waals surface area contributed by atoms with E-state index in [1.54, 1.807) is 24.3 Å². The molecule has 7 nitrogen and oxygen atoms in total. The van der Waals surface area contributed by atoms with Gasteiger partial charge in [-0.05, 0) is 29.8 Å². The van der Waals surface area contributed by atoms with Crippen molar-refractivity contribution in [3.8, 4) is 17.2 Å². The predicted octanol–water partition coefficient (Wildman–Crippen LogP) is 2.29. The van der Waals surface area contributed by atoms with Crippen LogP contribution in [-0.4, -0.2) is 32.2 Å². The van der Waals surface area contributed by atoms with Gasteiger partial charge in [-0.2, -0.15) is 0 Å². The van der Waals surface area contributed by atoms with Gasteiger partial charge in [-0.1, -0.05) is 0 Å². The standard InChI is InChI=1S/C16H19N3O4.ClH/c1-21-12-6-10(7-13(22-2)16(12)23-3)8-15(20)19-11-4-5-14(17)18-9-11;/h4-7,9H,8H2,1-3H3,(H2,17,18)(H,19,20);1H. The van der Waals surface area contributed by atoms with Gasteiger partial charge in [0.25, 0.3) is 0 Å². The van der Waals surface area contributed by atoms with Gasteiger partial charge in [0.05, 0.1) is 39.6 Å². The number of amides is 1. The summed E-state index contributed by atoms with van der Waals surface area (Å²) in [5.41, 5.74) is 6.83. The highest BCUT2D eigenvalue weighted by Gasteiger charge is 2.15. The van der Waals surface area contributed by atoms with E-state index >= 15 is 0 Å². The lowest BCUT2D eigenvalue weighted by Gasteiger charge is -2.14. The lowest BCUT2D eigenvalue weighted by atomic mass is 10.1. The number of nitrogens with zero attached hydrogens (tertiary/aromatic N) is 1. The van der Waals surface area contributed by atoms with Crippen molar-refractivity contribution in [2.45, 2.75) is 6.42 Å². The molecular formula is C16H20ClN3O4. The number of nitrogen functional groups attached to an aromatic ring is 1. The number of hydrogen-bond donors (Lipinski definition) is 2.